The highest BCUT2D eigenvalue weighted by Crippen LogP contribution is 2.24. The summed E-state index contributed by atoms with van der Waals surface area (Å²) in [6.07, 6.45) is 0.635. The van der Waals surface area contributed by atoms with Gasteiger partial charge < -0.3 is 10.6 Å². The molecule has 2 N–H and O–H groups in total. The third-order valence-electron chi connectivity index (χ3n) is 4.29. The van der Waals surface area contributed by atoms with Gasteiger partial charge in [-0.3, -0.25) is 14.4 Å². The molecule has 6 nitrogen and oxygen atoms in total. The van der Waals surface area contributed by atoms with Crippen molar-refractivity contribution in [2.24, 2.45) is 0 Å². The number of halogens is 1. The predicted octanol–water partition coefficient (Wildman–Crippen LogP) is 2.25. The van der Waals surface area contributed by atoms with Crippen molar-refractivity contribution in [3.05, 3.63) is 59.9 Å². The van der Waals surface area contributed by atoms with Gasteiger partial charge >= 0.3 is 0 Å². The molecule has 1 heterocycles. The van der Waals surface area contributed by atoms with Crippen molar-refractivity contribution < 1.29 is 18.8 Å². The molecule has 3 amide bonds. The number of nitrogens with zero attached hydrogens (tertiary/aromatic N) is 1. The van der Waals surface area contributed by atoms with Crippen LogP contribution in [0, 0.1) is 5.82 Å². The number of hydrogen-bond acceptors (Lipinski definition) is 4. The fourth-order valence-electron chi connectivity index (χ4n) is 3.04. The number of rotatable bonds is 6. The molecule has 0 bridgehead atoms. The number of anilines is 2. The summed E-state index contributed by atoms with van der Waals surface area (Å²) in [5.74, 6) is -1.09. The Morgan fingerprint density at radius 1 is 1.19 bits per heavy atom. The van der Waals surface area contributed by atoms with E-state index in [2.05, 4.69) is 10.6 Å². The van der Waals surface area contributed by atoms with Crippen LogP contribution in [0.1, 0.15) is 18.9 Å². The van der Waals surface area contributed by atoms with Crippen molar-refractivity contribution in [3.63, 3.8) is 0 Å². The zero-order chi connectivity index (χ0) is 19.4. The van der Waals surface area contributed by atoms with Gasteiger partial charge in [0.15, 0.2) is 0 Å². The van der Waals surface area contributed by atoms with Gasteiger partial charge in [-0.1, -0.05) is 12.1 Å². The Balaban J connectivity index is 1.60. The molecule has 0 aromatic heterocycles. The van der Waals surface area contributed by atoms with Crippen LogP contribution in [0.3, 0.4) is 0 Å². The van der Waals surface area contributed by atoms with Gasteiger partial charge in [0, 0.05) is 12.6 Å². The molecule has 140 valence electrons. The van der Waals surface area contributed by atoms with E-state index in [1.807, 2.05) is 6.07 Å². The zero-order valence-corrected chi connectivity index (χ0v) is 14.9. The van der Waals surface area contributed by atoms with E-state index in [9.17, 15) is 18.8 Å². The first kappa shape index (κ1) is 18.7. The van der Waals surface area contributed by atoms with Crippen molar-refractivity contribution >= 4 is 29.1 Å². The summed E-state index contributed by atoms with van der Waals surface area (Å²) in [4.78, 5) is 37.1. The molecule has 0 saturated carbocycles. The van der Waals surface area contributed by atoms with Crippen LogP contribution in [0.4, 0.5) is 15.8 Å². The topological polar surface area (TPSA) is 78.5 Å². The summed E-state index contributed by atoms with van der Waals surface area (Å²) in [5, 5.41) is 5.71. The van der Waals surface area contributed by atoms with Crippen LogP contribution >= 0.6 is 0 Å². The number of nitrogens with one attached hydrogen (secondary N) is 2. The van der Waals surface area contributed by atoms with Crippen molar-refractivity contribution in [1.29, 1.82) is 0 Å². The van der Waals surface area contributed by atoms with E-state index in [0.29, 0.717) is 24.3 Å². The van der Waals surface area contributed by atoms with Gasteiger partial charge in [0.25, 0.3) is 5.91 Å². The second-order valence-electron chi connectivity index (χ2n) is 6.39. The monoisotopic (exact) mass is 369 g/mol. The van der Waals surface area contributed by atoms with E-state index in [4.69, 9.17) is 0 Å². The SMILES string of the molecule is CC(=O)Nc1ccc(N2C(=O)C[C@@H](NCCc3cccc(F)c3)C2=O)cc1. The van der Waals surface area contributed by atoms with E-state index >= 15 is 0 Å². The molecule has 0 aliphatic carbocycles. The Kier molecular flexibility index (Phi) is 5.61. The number of benzene rings is 2. The average molecular weight is 369 g/mol. The van der Waals surface area contributed by atoms with Crippen LogP contribution < -0.4 is 15.5 Å². The van der Waals surface area contributed by atoms with Gasteiger partial charge in [-0.15, -0.1) is 0 Å². The van der Waals surface area contributed by atoms with Crippen molar-refractivity contribution in [2.45, 2.75) is 25.8 Å². The normalized spacial score (nSPS) is 16.7. The first-order chi connectivity index (χ1) is 12.9. The molecule has 1 aliphatic heterocycles. The molecule has 3 rings (SSSR count). The first-order valence-corrected chi connectivity index (χ1v) is 8.66. The molecule has 2 aromatic rings. The van der Waals surface area contributed by atoms with Crippen molar-refractivity contribution in [3.8, 4) is 0 Å². The largest absolute Gasteiger partial charge is 0.326 e. The van der Waals surface area contributed by atoms with Crippen LogP contribution in [0.25, 0.3) is 0 Å². The number of hydrogen-bond donors (Lipinski definition) is 2. The number of carbonyl (C=O) groups excluding carboxylic acids is 3. The Bertz CT molecular complexity index is 867. The van der Waals surface area contributed by atoms with E-state index < -0.39 is 6.04 Å². The Hall–Kier alpha value is -3.06. The molecular weight excluding hydrogens is 349 g/mol. The zero-order valence-electron chi connectivity index (χ0n) is 14.9. The van der Waals surface area contributed by atoms with E-state index in [1.165, 1.54) is 19.1 Å². The van der Waals surface area contributed by atoms with Crippen LogP contribution in [0.15, 0.2) is 48.5 Å². The molecule has 1 fully saturated rings. The highest BCUT2D eigenvalue weighted by molar-refractivity contribution is 6.22. The molecule has 1 aliphatic rings. The maximum Gasteiger partial charge on any atom is 0.251 e. The van der Waals surface area contributed by atoms with E-state index in [0.717, 1.165) is 10.5 Å². The minimum absolute atomic E-state index is 0.0788. The van der Waals surface area contributed by atoms with Gasteiger partial charge in [0.1, 0.15) is 5.82 Å². The van der Waals surface area contributed by atoms with Crippen LogP contribution in [0.2, 0.25) is 0 Å². The summed E-state index contributed by atoms with van der Waals surface area (Å²) in [5.41, 5.74) is 1.88. The Morgan fingerprint density at radius 2 is 1.93 bits per heavy atom. The standard InChI is InChI=1S/C20H20FN3O3/c1-13(25)23-16-5-7-17(8-6-16)24-19(26)12-18(20(24)27)22-10-9-14-3-2-4-15(21)11-14/h2-8,11,18,22H,9-10,12H2,1H3,(H,23,25)/t18-/m1/s1. The Morgan fingerprint density at radius 3 is 2.59 bits per heavy atom. The molecule has 2 aromatic carbocycles. The van der Waals surface area contributed by atoms with Gasteiger partial charge in [0.2, 0.25) is 11.8 Å². The molecule has 1 saturated heterocycles. The molecule has 0 unspecified atom stereocenters. The minimum atomic E-state index is -0.596. The molecule has 27 heavy (non-hydrogen) atoms. The van der Waals surface area contributed by atoms with Crippen LogP contribution in [-0.2, 0) is 20.8 Å². The smallest absolute Gasteiger partial charge is 0.251 e. The fraction of sp³-hybridized carbons (Fsp3) is 0.250. The molecule has 0 radical (unpaired) electrons. The lowest BCUT2D eigenvalue weighted by atomic mass is 10.1. The third kappa shape index (κ3) is 4.57. The van der Waals surface area contributed by atoms with Gasteiger partial charge in [-0.2, -0.15) is 0 Å². The van der Waals surface area contributed by atoms with Gasteiger partial charge in [-0.25, -0.2) is 9.29 Å². The van der Waals surface area contributed by atoms with Crippen molar-refractivity contribution in [1.82, 2.24) is 5.32 Å². The molecule has 7 heteroatoms. The first-order valence-electron chi connectivity index (χ1n) is 8.66. The van der Waals surface area contributed by atoms with E-state index in [-0.39, 0.29) is 30.0 Å². The van der Waals surface area contributed by atoms with Crippen LogP contribution in [0.5, 0.6) is 0 Å². The molecule has 1 atom stereocenters. The van der Waals surface area contributed by atoms with E-state index in [1.54, 1.807) is 30.3 Å². The maximum atomic E-state index is 13.2. The fourth-order valence-corrected chi connectivity index (χ4v) is 3.04. The second kappa shape index (κ2) is 8.09. The van der Waals surface area contributed by atoms with Crippen LogP contribution in [-0.4, -0.2) is 30.3 Å². The quantitative estimate of drug-likeness (QED) is 0.766. The predicted molar refractivity (Wildman–Crippen MR) is 99.8 cm³/mol. The third-order valence-corrected chi connectivity index (χ3v) is 4.29. The molecular formula is C20H20FN3O3. The van der Waals surface area contributed by atoms with Gasteiger partial charge in [-0.05, 0) is 54.9 Å². The lowest BCUT2D eigenvalue weighted by Crippen LogP contribution is -2.39. The number of imide groups is 1. The highest BCUT2D eigenvalue weighted by atomic mass is 19.1. The number of carbonyl (C=O) groups is 3. The lowest BCUT2D eigenvalue weighted by Gasteiger charge is -2.16. The average Bonchev–Trinajstić information content (AvgIpc) is 2.89. The lowest BCUT2D eigenvalue weighted by molar-refractivity contribution is -0.121. The highest BCUT2D eigenvalue weighted by Gasteiger charge is 2.39. The number of amides is 3. The summed E-state index contributed by atoms with van der Waals surface area (Å²) >= 11 is 0. The Labute approximate surface area is 156 Å². The summed E-state index contributed by atoms with van der Waals surface area (Å²) in [7, 11) is 0. The second-order valence-corrected chi connectivity index (χ2v) is 6.39. The maximum absolute atomic E-state index is 13.2. The summed E-state index contributed by atoms with van der Waals surface area (Å²) < 4.78 is 13.2. The summed E-state index contributed by atoms with van der Waals surface area (Å²) in [6.45, 7) is 1.87. The minimum Gasteiger partial charge on any atom is -0.326 e. The van der Waals surface area contributed by atoms with Crippen molar-refractivity contribution in [2.75, 3.05) is 16.8 Å². The summed E-state index contributed by atoms with van der Waals surface area (Å²) in [6, 6.07) is 12.2. The molecule has 0 spiro atoms. The van der Waals surface area contributed by atoms with Gasteiger partial charge in [0.05, 0.1) is 18.2 Å².